The van der Waals surface area contributed by atoms with E-state index in [9.17, 15) is 19.7 Å². The minimum Gasteiger partial charge on any atom is -0.489 e. The van der Waals surface area contributed by atoms with E-state index in [1.54, 1.807) is 17.0 Å². The van der Waals surface area contributed by atoms with Crippen molar-refractivity contribution in [2.75, 3.05) is 42.5 Å². The van der Waals surface area contributed by atoms with Crippen LogP contribution >= 0.6 is 11.6 Å². The Bertz CT molecular complexity index is 1310. The lowest BCUT2D eigenvalue weighted by atomic mass is 10.1. The molecule has 0 N–H and O–H groups in total. The van der Waals surface area contributed by atoms with Crippen LogP contribution in [0.4, 0.5) is 17.1 Å². The zero-order valence-electron chi connectivity index (χ0n) is 20.7. The molecule has 0 unspecified atom stereocenters. The van der Waals surface area contributed by atoms with E-state index in [-0.39, 0.29) is 29.8 Å². The van der Waals surface area contributed by atoms with Crippen molar-refractivity contribution in [2.24, 2.45) is 5.92 Å². The summed E-state index contributed by atoms with van der Waals surface area (Å²) in [6.07, 6.45) is 0.191. The van der Waals surface area contributed by atoms with E-state index in [4.69, 9.17) is 16.3 Å². The van der Waals surface area contributed by atoms with Crippen molar-refractivity contribution in [1.29, 1.82) is 0 Å². The molecule has 2 heterocycles. The number of anilines is 2. The van der Waals surface area contributed by atoms with Crippen LogP contribution in [0.5, 0.6) is 5.75 Å². The molecule has 0 aliphatic carbocycles. The number of hydrogen-bond donors (Lipinski definition) is 0. The van der Waals surface area contributed by atoms with Gasteiger partial charge in [-0.2, -0.15) is 0 Å². The van der Waals surface area contributed by atoms with Crippen LogP contribution in [0, 0.1) is 16.0 Å². The summed E-state index contributed by atoms with van der Waals surface area (Å²) < 4.78 is 5.83. The number of amides is 2. The van der Waals surface area contributed by atoms with Gasteiger partial charge in [0.15, 0.2) is 0 Å². The Balaban J connectivity index is 1.13. The highest BCUT2D eigenvalue weighted by molar-refractivity contribution is 6.30. The summed E-state index contributed by atoms with van der Waals surface area (Å²) in [4.78, 5) is 42.0. The number of hydrogen-bond acceptors (Lipinski definition) is 6. The van der Waals surface area contributed by atoms with Crippen LogP contribution in [0.2, 0.25) is 5.02 Å². The van der Waals surface area contributed by atoms with Gasteiger partial charge in [0.2, 0.25) is 11.8 Å². The summed E-state index contributed by atoms with van der Waals surface area (Å²) in [5, 5.41) is 11.6. The number of ether oxygens (including phenoxy) is 1. The first kappa shape index (κ1) is 25.5. The molecule has 3 aromatic carbocycles. The van der Waals surface area contributed by atoms with Crippen molar-refractivity contribution in [3.63, 3.8) is 0 Å². The van der Waals surface area contributed by atoms with E-state index < -0.39 is 4.92 Å². The third-order valence-electron chi connectivity index (χ3n) is 6.96. The second kappa shape index (κ2) is 11.1. The van der Waals surface area contributed by atoms with Gasteiger partial charge in [-0.25, -0.2) is 0 Å². The highest BCUT2D eigenvalue weighted by Gasteiger charge is 2.38. The molecule has 1 atom stereocenters. The van der Waals surface area contributed by atoms with Crippen molar-refractivity contribution in [1.82, 2.24) is 4.90 Å². The summed E-state index contributed by atoms with van der Waals surface area (Å²) >= 11 is 5.92. The van der Waals surface area contributed by atoms with Crippen LogP contribution < -0.4 is 14.5 Å². The van der Waals surface area contributed by atoms with Crippen LogP contribution in [0.3, 0.4) is 0 Å². The topological polar surface area (TPSA) is 96.2 Å². The molecule has 0 bridgehead atoms. The number of non-ortho nitro benzene ring substituents is 1. The van der Waals surface area contributed by atoms with Crippen LogP contribution in [0.15, 0.2) is 72.8 Å². The van der Waals surface area contributed by atoms with Crippen molar-refractivity contribution in [3.8, 4) is 5.75 Å². The fourth-order valence-corrected chi connectivity index (χ4v) is 4.95. The number of piperazine rings is 1. The van der Waals surface area contributed by atoms with Crippen LogP contribution in [0.1, 0.15) is 12.0 Å². The lowest BCUT2D eigenvalue weighted by Crippen LogP contribution is -2.50. The van der Waals surface area contributed by atoms with Crippen molar-refractivity contribution >= 4 is 40.5 Å². The maximum Gasteiger partial charge on any atom is 0.269 e. The molecule has 10 heteroatoms. The Labute approximate surface area is 225 Å². The molecule has 3 aromatic rings. The molecule has 9 nitrogen and oxygen atoms in total. The molecule has 2 aliphatic rings. The summed E-state index contributed by atoms with van der Waals surface area (Å²) in [6.45, 7) is 3.11. The van der Waals surface area contributed by atoms with Gasteiger partial charge in [0.1, 0.15) is 12.4 Å². The monoisotopic (exact) mass is 534 g/mol. The summed E-state index contributed by atoms with van der Waals surface area (Å²) in [7, 11) is 0. The molecular weight excluding hydrogens is 508 g/mol. The Hall–Kier alpha value is -4.11. The first-order valence-corrected chi connectivity index (χ1v) is 12.8. The molecule has 2 aliphatic heterocycles. The molecule has 0 radical (unpaired) electrons. The van der Waals surface area contributed by atoms with Crippen molar-refractivity contribution in [2.45, 2.75) is 13.0 Å². The van der Waals surface area contributed by atoms with Crippen LogP contribution in [-0.2, 0) is 16.2 Å². The SMILES string of the molecule is O=C([C@H]1CC(=O)N(c2ccc(OCc3ccc(Cl)cc3)cc2)C1)N1CCN(c2ccc([N+](=O)[O-])cc2)CC1. The first-order valence-electron chi connectivity index (χ1n) is 12.4. The third-order valence-corrected chi connectivity index (χ3v) is 7.21. The Morgan fingerprint density at radius 2 is 1.55 bits per heavy atom. The van der Waals surface area contributed by atoms with Gasteiger partial charge in [0, 0.05) is 67.7 Å². The number of rotatable bonds is 7. The van der Waals surface area contributed by atoms with Crippen molar-refractivity contribution in [3.05, 3.63) is 93.5 Å². The number of benzene rings is 3. The highest BCUT2D eigenvalue weighted by Crippen LogP contribution is 2.29. The largest absolute Gasteiger partial charge is 0.489 e. The van der Waals surface area contributed by atoms with E-state index in [1.165, 1.54) is 12.1 Å². The standard InChI is InChI=1S/C28H27ClN4O5/c29-22-3-1-20(2-4-22)19-38-26-11-9-24(10-12-26)32-18-21(17-27(32)34)28(35)31-15-13-30(14-16-31)23-5-7-25(8-6-23)33(36)37/h1-12,21H,13-19H2/t21-/m0/s1. The number of nitro groups is 1. The second-order valence-corrected chi connectivity index (χ2v) is 9.84. The van der Waals surface area contributed by atoms with Gasteiger partial charge in [-0.3, -0.25) is 19.7 Å². The molecule has 0 spiro atoms. The predicted molar refractivity (Wildman–Crippen MR) is 145 cm³/mol. The molecule has 0 aromatic heterocycles. The van der Waals surface area contributed by atoms with Gasteiger partial charge in [-0.05, 0) is 54.1 Å². The quantitative estimate of drug-likeness (QED) is 0.326. The normalized spacial score (nSPS) is 17.6. The average Bonchev–Trinajstić information content (AvgIpc) is 3.34. The number of halogens is 1. The number of carbonyl (C=O) groups excluding carboxylic acids is 2. The maximum absolute atomic E-state index is 13.2. The minimum absolute atomic E-state index is 0.00730. The Morgan fingerprint density at radius 3 is 2.18 bits per heavy atom. The van der Waals surface area contributed by atoms with E-state index >= 15 is 0 Å². The molecule has 0 saturated carbocycles. The van der Waals surface area contributed by atoms with Crippen molar-refractivity contribution < 1.29 is 19.2 Å². The van der Waals surface area contributed by atoms with Gasteiger partial charge in [-0.15, -0.1) is 0 Å². The number of nitro benzene ring substituents is 1. The second-order valence-electron chi connectivity index (χ2n) is 9.40. The predicted octanol–water partition coefficient (Wildman–Crippen LogP) is 4.53. The lowest BCUT2D eigenvalue weighted by molar-refractivity contribution is -0.384. The van der Waals surface area contributed by atoms with E-state index in [1.807, 2.05) is 53.4 Å². The molecule has 5 rings (SSSR count). The summed E-state index contributed by atoms with van der Waals surface area (Å²) in [5.41, 5.74) is 2.69. The fourth-order valence-electron chi connectivity index (χ4n) is 4.82. The van der Waals surface area contributed by atoms with Gasteiger partial charge in [0.05, 0.1) is 10.8 Å². The van der Waals surface area contributed by atoms with Gasteiger partial charge < -0.3 is 19.4 Å². The Morgan fingerprint density at radius 1 is 0.921 bits per heavy atom. The average molecular weight is 535 g/mol. The zero-order chi connectivity index (χ0) is 26.6. The minimum atomic E-state index is -0.419. The summed E-state index contributed by atoms with van der Waals surface area (Å²) in [5.74, 6) is 0.234. The van der Waals surface area contributed by atoms with E-state index in [0.29, 0.717) is 50.1 Å². The molecular formula is C28H27ClN4O5. The van der Waals surface area contributed by atoms with E-state index in [0.717, 1.165) is 16.9 Å². The smallest absolute Gasteiger partial charge is 0.269 e. The molecule has 196 valence electrons. The van der Waals surface area contributed by atoms with Gasteiger partial charge in [-0.1, -0.05) is 23.7 Å². The number of nitrogens with zero attached hydrogens (tertiary/aromatic N) is 4. The maximum atomic E-state index is 13.2. The molecule has 38 heavy (non-hydrogen) atoms. The van der Waals surface area contributed by atoms with Gasteiger partial charge in [0.25, 0.3) is 5.69 Å². The lowest BCUT2D eigenvalue weighted by Gasteiger charge is -2.37. The Kier molecular flexibility index (Phi) is 7.46. The number of carbonyl (C=O) groups is 2. The zero-order valence-corrected chi connectivity index (χ0v) is 21.4. The molecule has 2 fully saturated rings. The van der Waals surface area contributed by atoms with Gasteiger partial charge >= 0.3 is 0 Å². The molecule has 2 saturated heterocycles. The van der Waals surface area contributed by atoms with E-state index in [2.05, 4.69) is 4.90 Å². The summed E-state index contributed by atoms with van der Waals surface area (Å²) in [6, 6.07) is 21.2. The van der Waals surface area contributed by atoms with Crippen LogP contribution in [-0.4, -0.2) is 54.4 Å². The highest BCUT2D eigenvalue weighted by atomic mass is 35.5. The van der Waals surface area contributed by atoms with Crippen LogP contribution in [0.25, 0.3) is 0 Å². The fraction of sp³-hybridized carbons (Fsp3) is 0.286. The first-order chi connectivity index (χ1) is 18.4. The molecule has 2 amide bonds. The third kappa shape index (κ3) is 5.73.